The molecule has 4 rings (SSSR count). The minimum absolute atomic E-state index is 0.616. The molecule has 0 aromatic carbocycles. The van der Waals surface area contributed by atoms with E-state index in [1.165, 1.54) is 43.7 Å². The first-order chi connectivity index (χ1) is 12.6. The first-order valence-corrected chi connectivity index (χ1v) is 12.6. The molecule has 4 unspecified atom stereocenters. The van der Waals surface area contributed by atoms with Gasteiger partial charge in [-0.3, -0.25) is 0 Å². The highest BCUT2D eigenvalue weighted by molar-refractivity contribution is 7.99. The topological polar surface area (TPSA) is 48.1 Å². The minimum Gasteiger partial charge on any atom is -0.314 e. The van der Waals surface area contributed by atoms with Gasteiger partial charge in [0.05, 0.1) is 0 Å². The Hall–Kier alpha value is 0.280. The van der Waals surface area contributed by atoms with Gasteiger partial charge in [-0.1, -0.05) is 18.6 Å². The lowest BCUT2D eigenvalue weighted by Gasteiger charge is -2.18. The molecular formula is C20H42N4S2. The van der Waals surface area contributed by atoms with Crippen LogP contribution >= 0.6 is 23.5 Å². The van der Waals surface area contributed by atoms with E-state index in [1.54, 1.807) is 0 Å². The van der Waals surface area contributed by atoms with Crippen LogP contribution in [0.3, 0.4) is 0 Å². The summed E-state index contributed by atoms with van der Waals surface area (Å²) in [7, 11) is 0. The maximum Gasteiger partial charge on any atom is 0.0420 e. The van der Waals surface area contributed by atoms with Crippen molar-refractivity contribution < 1.29 is 0 Å². The van der Waals surface area contributed by atoms with E-state index in [0.717, 1.165) is 36.4 Å². The van der Waals surface area contributed by atoms with E-state index in [4.69, 9.17) is 0 Å². The predicted octanol–water partition coefficient (Wildman–Crippen LogP) is 3.41. The molecule has 3 saturated heterocycles. The number of piperidine rings is 1. The first kappa shape index (κ1) is 24.3. The van der Waals surface area contributed by atoms with Gasteiger partial charge in [0.1, 0.15) is 0 Å². The van der Waals surface area contributed by atoms with Crippen LogP contribution in [0.4, 0.5) is 0 Å². The van der Waals surface area contributed by atoms with Crippen molar-refractivity contribution in [2.75, 3.05) is 36.3 Å². The molecule has 0 radical (unpaired) electrons. The Morgan fingerprint density at radius 1 is 0.769 bits per heavy atom. The second kappa shape index (κ2) is 16.3. The van der Waals surface area contributed by atoms with E-state index in [0.29, 0.717) is 6.04 Å². The maximum atomic E-state index is 3.38. The van der Waals surface area contributed by atoms with Crippen LogP contribution in [0.15, 0.2) is 12.2 Å². The third kappa shape index (κ3) is 14.4. The van der Waals surface area contributed by atoms with Gasteiger partial charge >= 0.3 is 0 Å². The normalized spacial score (nSPS) is 33.1. The van der Waals surface area contributed by atoms with Crippen molar-refractivity contribution in [1.82, 2.24) is 21.3 Å². The van der Waals surface area contributed by atoms with Crippen molar-refractivity contribution in [1.29, 1.82) is 0 Å². The SMILES string of the molecule is CC1C=CCN1.CC1CCCCN1.CC1CCSCN1.CC1CSCN1. The van der Waals surface area contributed by atoms with Gasteiger partial charge in [-0.25, -0.2) is 0 Å². The van der Waals surface area contributed by atoms with Crippen molar-refractivity contribution in [2.45, 2.75) is 77.5 Å². The van der Waals surface area contributed by atoms with Crippen molar-refractivity contribution in [3.8, 4) is 0 Å². The summed E-state index contributed by atoms with van der Waals surface area (Å²) in [5, 5.41) is 13.2. The quantitative estimate of drug-likeness (QED) is 0.466. The highest BCUT2D eigenvalue weighted by Crippen LogP contribution is 2.09. The van der Waals surface area contributed by atoms with E-state index >= 15 is 0 Å². The molecule has 0 saturated carbocycles. The molecule has 154 valence electrons. The van der Waals surface area contributed by atoms with E-state index in [1.807, 2.05) is 23.5 Å². The Morgan fingerprint density at radius 2 is 1.50 bits per heavy atom. The molecule has 26 heavy (non-hydrogen) atoms. The van der Waals surface area contributed by atoms with Gasteiger partial charge in [-0.2, -0.15) is 0 Å². The summed E-state index contributed by atoms with van der Waals surface area (Å²) in [6.07, 6.45) is 9.83. The van der Waals surface area contributed by atoms with Crippen LogP contribution in [0.5, 0.6) is 0 Å². The lowest BCUT2D eigenvalue weighted by Crippen LogP contribution is -2.30. The fourth-order valence-electron chi connectivity index (χ4n) is 2.75. The largest absolute Gasteiger partial charge is 0.314 e. The van der Waals surface area contributed by atoms with Crippen LogP contribution in [-0.2, 0) is 0 Å². The molecule has 4 heterocycles. The number of hydrogen-bond donors (Lipinski definition) is 4. The zero-order valence-corrected chi connectivity index (χ0v) is 19.0. The molecule has 4 aliphatic rings. The van der Waals surface area contributed by atoms with Crippen molar-refractivity contribution in [3.05, 3.63) is 12.2 Å². The summed E-state index contributed by atoms with van der Waals surface area (Å²) in [5.41, 5.74) is 0. The molecule has 0 aromatic rings. The van der Waals surface area contributed by atoms with E-state index in [9.17, 15) is 0 Å². The third-order valence-electron chi connectivity index (χ3n) is 4.67. The summed E-state index contributed by atoms with van der Waals surface area (Å²) in [5.74, 6) is 4.94. The van der Waals surface area contributed by atoms with Crippen molar-refractivity contribution in [3.63, 3.8) is 0 Å². The van der Waals surface area contributed by atoms with Gasteiger partial charge in [-0.05, 0) is 59.3 Å². The lowest BCUT2D eigenvalue weighted by atomic mass is 10.1. The highest BCUT2D eigenvalue weighted by atomic mass is 32.2. The van der Waals surface area contributed by atoms with Crippen LogP contribution in [0.25, 0.3) is 0 Å². The molecular weight excluding hydrogens is 360 g/mol. The van der Waals surface area contributed by atoms with E-state index in [-0.39, 0.29) is 0 Å². The molecule has 6 heteroatoms. The van der Waals surface area contributed by atoms with Crippen LogP contribution in [0.1, 0.15) is 53.4 Å². The Balaban J connectivity index is 0.000000174. The predicted molar refractivity (Wildman–Crippen MR) is 122 cm³/mol. The summed E-state index contributed by atoms with van der Waals surface area (Å²) in [6.45, 7) is 11.1. The summed E-state index contributed by atoms with van der Waals surface area (Å²) >= 11 is 3.96. The number of rotatable bonds is 0. The Morgan fingerprint density at radius 3 is 1.73 bits per heavy atom. The zero-order valence-electron chi connectivity index (χ0n) is 17.4. The Kier molecular flexibility index (Phi) is 15.2. The summed E-state index contributed by atoms with van der Waals surface area (Å²) in [4.78, 5) is 0. The Labute approximate surface area is 170 Å². The van der Waals surface area contributed by atoms with Gasteiger partial charge < -0.3 is 21.3 Å². The molecule has 4 atom stereocenters. The average molecular weight is 403 g/mol. The molecule has 0 bridgehead atoms. The number of thioether (sulfide) groups is 2. The number of nitrogens with one attached hydrogen (secondary N) is 4. The van der Waals surface area contributed by atoms with Gasteiger partial charge in [0.15, 0.2) is 0 Å². The molecule has 0 spiro atoms. The average Bonchev–Trinajstić information content (AvgIpc) is 3.31. The summed E-state index contributed by atoms with van der Waals surface area (Å²) in [6, 6.07) is 2.93. The van der Waals surface area contributed by atoms with Crippen LogP contribution in [-0.4, -0.2) is 60.5 Å². The number of hydrogen-bond acceptors (Lipinski definition) is 6. The molecule has 3 fully saturated rings. The van der Waals surface area contributed by atoms with Crippen LogP contribution < -0.4 is 21.3 Å². The zero-order chi connectivity index (χ0) is 19.0. The summed E-state index contributed by atoms with van der Waals surface area (Å²) < 4.78 is 0. The molecule has 4 aliphatic heterocycles. The van der Waals surface area contributed by atoms with Crippen LogP contribution in [0, 0.1) is 0 Å². The highest BCUT2D eigenvalue weighted by Gasteiger charge is 2.06. The standard InChI is InChI=1S/C6H13N.C5H11NS.C5H9N.C4H9NS/c1-6-4-2-3-5-7-6;1-5-2-3-7-4-6-5;1-5-3-2-4-6-5;1-4-2-6-3-5-4/h6-7H,2-5H2,1H3;5-6H,2-4H2,1H3;2-3,5-6H,4H2,1H3;4-5H,2-3H2,1H3. The van der Waals surface area contributed by atoms with Gasteiger partial charge in [0.25, 0.3) is 0 Å². The minimum atomic E-state index is 0.616. The second-order valence-corrected chi connectivity index (χ2v) is 9.68. The third-order valence-corrected chi connectivity index (χ3v) is 6.67. The first-order valence-electron chi connectivity index (χ1n) is 10.3. The monoisotopic (exact) mass is 402 g/mol. The lowest BCUT2D eigenvalue weighted by molar-refractivity contribution is 0.425. The van der Waals surface area contributed by atoms with Gasteiger partial charge in [-0.15, -0.1) is 23.5 Å². The fourth-order valence-corrected chi connectivity index (χ4v) is 4.81. The second-order valence-electron chi connectivity index (χ2n) is 7.54. The molecule has 0 amide bonds. The molecule has 0 aromatic heterocycles. The van der Waals surface area contributed by atoms with Crippen molar-refractivity contribution in [2.24, 2.45) is 0 Å². The van der Waals surface area contributed by atoms with E-state index < -0.39 is 0 Å². The van der Waals surface area contributed by atoms with Gasteiger partial charge in [0.2, 0.25) is 0 Å². The fraction of sp³-hybridized carbons (Fsp3) is 0.900. The molecule has 4 N–H and O–H groups in total. The maximum absolute atomic E-state index is 3.38. The van der Waals surface area contributed by atoms with Crippen LogP contribution in [0.2, 0.25) is 0 Å². The Bertz CT molecular complexity index is 321. The molecule has 0 aliphatic carbocycles. The van der Waals surface area contributed by atoms with Gasteiger partial charge in [0, 0.05) is 48.2 Å². The van der Waals surface area contributed by atoms with E-state index in [2.05, 4.69) is 61.1 Å². The smallest absolute Gasteiger partial charge is 0.0420 e. The molecule has 4 nitrogen and oxygen atoms in total. The van der Waals surface area contributed by atoms with Crippen molar-refractivity contribution >= 4 is 23.5 Å².